The number of likely N-dealkylation sites (tertiary alicyclic amines) is 1. The lowest BCUT2D eigenvalue weighted by Gasteiger charge is -2.24. The molecular formula is C14H20N2O2. The Balaban J connectivity index is 2.13. The van der Waals surface area contributed by atoms with E-state index in [9.17, 15) is 9.59 Å². The summed E-state index contributed by atoms with van der Waals surface area (Å²) in [5, 5.41) is 9.01. The molecule has 0 N–H and O–H groups in total. The Hall–Kier alpha value is -1.37. The van der Waals surface area contributed by atoms with Gasteiger partial charge in [-0.15, -0.1) is 0 Å². The number of hydrogen-bond acceptors (Lipinski definition) is 3. The van der Waals surface area contributed by atoms with E-state index in [0.29, 0.717) is 5.92 Å². The first kappa shape index (κ1) is 13.1. The molecule has 1 saturated carbocycles. The van der Waals surface area contributed by atoms with Gasteiger partial charge in [-0.2, -0.15) is 5.26 Å². The minimum absolute atomic E-state index is 0.0516. The first-order chi connectivity index (χ1) is 8.39. The Morgan fingerprint density at radius 3 is 2.17 bits per heavy atom. The van der Waals surface area contributed by atoms with Gasteiger partial charge in [0.2, 0.25) is 11.8 Å². The van der Waals surface area contributed by atoms with Crippen LogP contribution in [0.5, 0.6) is 0 Å². The number of fused-ring (bicyclic) bond motifs is 1. The van der Waals surface area contributed by atoms with Gasteiger partial charge in [-0.3, -0.25) is 14.5 Å². The van der Waals surface area contributed by atoms with Gasteiger partial charge in [0.1, 0.15) is 0 Å². The lowest BCUT2D eigenvalue weighted by Crippen LogP contribution is -2.39. The van der Waals surface area contributed by atoms with Crippen LogP contribution >= 0.6 is 0 Å². The van der Waals surface area contributed by atoms with Crippen LogP contribution in [0.3, 0.4) is 0 Å². The predicted octanol–water partition coefficient (Wildman–Crippen LogP) is 1.96. The number of nitrogens with zero attached hydrogens (tertiary/aromatic N) is 2. The van der Waals surface area contributed by atoms with E-state index >= 15 is 0 Å². The van der Waals surface area contributed by atoms with E-state index in [0.717, 1.165) is 19.3 Å². The van der Waals surface area contributed by atoms with Gasteiger partial charge in [0.25, 0.3) is 0 Å². The van der Waals surface area contributed by atoms with Gasteiger partial charge in [-0.1, -0.05) is 13.3 Å². The topological polar surface area (TPSA) is 61.2 Å². The lowest BCUT2D eigenvalue weighted by atomic mass is 9.95. The number of carbonyl (C=O) groups is 2. The van der Waals surface area contributed by atoms with E-state index in [2.05, 4.69) is 13.0 Å². The maximum absolute atomic E-state index is 12.2. The second kappa shape index (κ2) is 4.38. The zero-order valence-corrected chi connectivity index (χ0v) is 11.3. The van der Waals surface area contributed by atoms with Crippen molar-refractivity contribution in [3.63, 3.8) is 0 Å². The van der Waals surface area contributed by atoms with Crippen LogP contribution in [-0.4, -0.2) is 23.3 Å². The highest BCUT2D eigenvalue weighted by Gasteiger charge is 2.52. The maximum atomic E-state index is 12.2. The molecule has 2 atom stereocenters. The van der Waals surface area contributed by atoms with Crippen molar-refractivity contribution in [2.24, 2.45) is 23.2 Å². The molecule has 4 nitrogen and oxygen atoms in total. The van der Waals surface area contributed by atoms with Crippen molar-refractivity contribution in [3.8, 4) is 6.07 Å². The predicted molar refractivity (Wildman–Crippen MR) is 66.1 cm³/mol. The molecule has 1 heterocycles. The van der Waals surface area contributed by atoms with Crippen LogP contribution in [0, 0.1) is 34.5 Å². The normalized spacial score (nSPS) is 31.7. The molecule has 18 heavy (non-hydrogen) atoms. The quantitative estimate of drug-likeness (QED) is 0.717. The summed E-state index contributed by atoms with van der Waals surface area (Å²) < 4.78 is 0. The second-order valence-corrected chi connectivity index (χ2v) is 6.22. The molecule has 1 saturated heterocycles. The van der Waals surface area contributed by atoms with Crippen molar-refractivity contribution in [1.29, 1.82) is 5.26 Å². The fourth-order valence-electron chi connectivity index (χ4n) is 3.12. The fourth-order valence-corrected chi connectivity index (χ4v) is 3.12. The van der Waals surface area contributed by atoms with Gasteiger partial charge < -0.3 is 0 Å². The Kier molecular flexibility index (Phi) is 3.18. The molecule has 0 spiro atoms. The average Bonchev–Trinajstić information content (AvgIpc) is 2.85. The first-order valence-electron chi connectivity index (χ1n) is 6.66. The molecular weight excluding hydrogens is 228 g/mol. The number of amides is 2. The summed E-state index contributed by atoms with van der Waals surface area (Å²) in [6, 6.07) is 2.15. The molecule has 4 heteroatoms. The van der Waals surface area contributed by atoms with Crippen molar-refractivity contribution >= 4 is 11.8 Å². The Bertz CT molecular complexity index is 398. The van der Waals surface area contributed by atoms with Crippen LogP contribution in [0.15, 0.2) is 0 Å². The molecule has 0 aromatic heterocycles. The van der Waals surface area contributed by atoms with E-state index in [1.807, 2.05) is 0 Å². The Labute approximate surface area is 108 Å². The summed E-state index contributed by atoms with van der Waals surface area (Å²) in [6.07, 6.45) is 2.72. The SMILES string of the molecule is CCC1CC2C(=O)N(CC(C)(C)C#N)C(=O)C2C1. The van der Waals surface area contributed by atoms with Crippen molar-refractivity contribution < 1.29 is 9.59 Å². The fraction of sp³-hybridized carbons (Fsp3) is 0.786. The summed E-state index contributed by atoms with van der Waals surface area (Å²) >= 11 is 0. The van der Waals surface area contributed by atoms with Gasteiger partial charge in [0, 0.05) is 6.54 Å². The molecule has 0 aromatic carbocycles. The highest BCUT2D eigenvalue weighted by molar-refractivity contribution is 6.05. The molecule has 2 aliphatic rings. The second-order valence-electron chi connectivity index (χ2n) is 6.22. The molecule has 0 radical (unpaired) electrons. The molecule has 2 fully saturated rings. The summed E-state index contributed by atoms with van der Waals surface area (Å²) in [5.74, 6) is 0.182. The Morgan fingerprint density at radius 2 is 1.78 bits per heavy atom. The molecule has 1 aliphatic carbocycles. The summed E-state index contributed by atoms with van der Waals surface area (Å²) in [5.41, 5.74) is -0.659. The number of rotatable bonds is 3. The third-order valence-corrected chi connectivity index (χ3v) is 4.26. The maximum Gasteiger partial charge on any atom is 0.233 e. The van der Waals surface area contributed by atoms with Gasteiger partial charge in [0.05, 0.1) is 23.3 Å². The van der Waals surface area contributed by atoms with E-state index < -0.39 is 5.41 Å². The van der Waals surface area contributed by atoms with E-state index in [1.54, 1.807) is 13.8 Å². The lowest BCUT2D eigenvalue weighted by molar-refractivity contribution is -0.141. The summed E-state index contributed by atoms with van der Waals surface area (Å²) in [6.45, 7) is 5.86. The van der Waals surface area contributed by atoms with Gasteiger partial charge in [-0.05, 0) is 32.6 Å². The van der Waals surface area contributed by atoms with Crippen LogP contribution in [-0.2, 0) is 9.59 Å². The van der Waals surface area contributed by atoms with Crippen LogP contribution < -0.4 is 0 Å². The van der Waals surface area contributed by atoms with E-state index in [1.165, 1.54) is 4.90 Å². The van der Waals surface area contributed by atoms with Crippen LogP contribution in [0.4, 0.5) is 0 Å². The Morgan fingerprint density at radius 1 is 1.28 bits per heavy atom. The summed E-state index contributed by atoms with van der Waals surface area (Å²) in [4.78, 5) is 25.8. The van der Waals surface area contributed by atoms with E-state index in [4.69, 9.17) is 5.26 Å². The third-order valence-electron chi connectivity index (χ3n) is 4.26. The van der Waals surface area contributed by atoms with Gasteiger partial charge in [0.15, 0.2) is 0 Å². The number of nitriles is 1. The smallest absolute Gasteiger partial charge is 0.233 e. The molecule has 2 unspecified atom stereocenters. The highest BCUT2D eigenvalue weighted by Crippen LogP contribution is 2.44. The van der Waals surface area contributed by atoms with Crippen LogP contribution in [0.25, 0.3) is 0 Å². The number of carbonyl (C=O) groups excluding carboxylic acids is 2. The average molecular weight is 248 g/mol. The third kappa shape index (κ3) is 2.03. The molecule has 0 bridgehead atoms. The highest BCUT2D eigenvalue weighted by atomic mass is 16.2. The van der Waals surface area contributed by atoms with Crippen molar-refractivity contribution in [2.45, 2.75) is 40.0 Å². The van der Waals surface area contributed by atoms with Crippen molar-refractivity contribution in [1.82, 2.24) is 4.90 Å². The van der Waals surface area contributed by atoms with Crippen LogP contribution in [0.2, 0.25) is 0 Å². The van der Waals surface area contributed by atoms with Crippen molar-refractivity contribution in [3.05, 3.63) is 0 Å². The molecule has 2 amide bonds. The number of imide groups is 1. The van der Waals surface area contributed by atoms with E-state index in [-0.39, 0.29) is 30.2 Å². The zero-order valence-electron chi connectivity index (χ0n) is 11.3. The number of hydrogen-bond donors (Lipinski definition) is 0. The molecule has 98 valence electrons. The largest absolute Gasteiger partial charge is 0.281 e. The minimum Gasteiger partial charge on any atom is -0.281 e. The first-order valence-corrected chi connectivity index (χ1v) is 6.66. The van der Waals surface area contributed by atoms with Gasteiger partial charge >= 0.3 is 0 Å². The van der Waals surface area contributed by atoms with Crippen molar-refractivity contribution in [2.75, 3.05) is 6.54 Å². The standard InChI is InChI=1S/C14H20N2O2/c1-4-9-5-10-11(6-9)13(18)16(12(10)17)8-14(2,3)7-15/h9-11H,4-6,8H2,1-3H3. The minimum atomic E-state index is -0.659. The zero-order chi connectivity index (χ0) is 13.5. The molecule has 1 aliphatic heterocycles. The summed E-state index contributed by atoms with van der Waals surface area (Å²) in [7, 11) is 0. The van der Waals surface area contributed by atoms with Crippen LogP contribution in [0.1, 0.15) is 40.0 Å². The molecule has 0 aromatic rings. The molecule has 2 rings (SSSR count). The monoisotopic (exact) mass is 248 g/mol. The van der Waals surface area contributed by atoms with Gasteiger partial charge in [-0.25, -0.2) is 0 Å².